The van der Waals surface area contributed by atoms with Gasteiger partial charge in [-0.1, -0.05) is 24.8 Å². The van der Waals surface area contributed by atoms with Gasteiger partial charge in [-0.25, -0.2) is 4.39 Å². The Balaban J connectivity index is 2.31. The van der Waals surface area contributed by atoms with Crippen LogP contribution < -0.4 is 5.32 Å². The Hall–Kier alpha value is -2.29. The number of hydrogen-bond donors (Lipinski definition) is 2. The van der Waals surface area contributed by atoms with Gasteiger partial charge in [-0.3, -0.25) is 0 Å². The molecule has 0 atom stereocenters. The predicted octanol–water partition coefficient (Wildman–Crippen LogP) is 3.82. The van der Waals surface area contributed by atoms with Gasteiger partial charge in [-0.15, -0.1) is 0 Å². The zero-order chi connectivity index (χ0) is 13.8. The van der Waals surface area contributed by atoms with Crippen molar-refractivity contribution in [2.45, 2.75) is 13.5 Å². The fraction of sp³-hybridized carbons (Fsp3) is 0.125. The molecule has 3 heteroatoms. The van der Waals surface area contributed by atoms with Crippen molar-refractivity contribution >= 4 is 0 Å². The zero-order valence-corrected chi connectivity index (χ0v) is 10.8. The first-order chi connectivity index (χ1) is 9.06. The molecule has 2 rings (SSSR count). The standard InChI is InChI=1S/C16H16FNO/c1-11(2)18-10-12-3-8-16(17)15(9-12)13-4-6-14(19)7-5-13/h3-9,18-19H,1,10H2,2H3. The minimum atomic E-state index is -0.273. The van der Waals surface area contributed by atoms with Crippen molar-refractivity contribution in [3.05, 3.63) is 66.1 Å². The van der Waals surface area contributed by atoms with Crippen molar-refractivity contribution in [2.24, 2.45) is 0 Å². The van der Waals surface area contributed by atoms with E-state index in [-0.39, 0.29) is 11.6 Å². The molecule has 0 aliphatic rings. The summed E-state index contributed by atoms with van der Waals surface area (Å²) < 4.78 is 13.9. The lowest BCUT2D eigenvalue weighted by molar-refractivity contribution is 0.475. The number of nitrogens with one attached hydrogen (secondary N) is 1. The van der Waals surface area contributed by atoms with Gasteiger partial charge in [-0.2, -0.15) is 0 Å². The molecule has 0 aliphatic carbocycles. The van der Waals surface area contributed by atoms with E-state index in [1.165, 1.54) is 6.07 Å². The number of phenolic OH excluding ortho intramolecular Hbond substituents is 1. The van der Waals surface area contributed by atoms with E-state index >= 15 is 0 Å². The molecule has 0 saturated carbocycles. The highest BCUT2D eigenvalue weighted by Gasteiger charge is 2.06. The molecule has 19 heavy (non-hydrogen) atoms. The number of hydrogen-bond acceptors (Lipinski definition) is 2. The average molecular weight is 257 g/mol. The maximum absolute atomic E-state index is 13.9. The van der Waals surface area contributed by atoms with Crippen LogP contribution in [0.5, 0.6) is 5.75 Å². The van der Waals surface area contributed by atoms with Gasteiger partial charge in [0.2, 0.25) is 0 Å². The molecule has 0 heterocycles. The minimum absolute atomic E-state index is 0.171. The van der Waals surface area contributed by atoms with Crippen LogP contribution >= 0.6 is 0 Å². The fourth-order valence-electron chi connectivity index (χ4n) is 1.80. The highest BCUT2D eigenvalue weighted by atomic mass is 19.1. The van der Waals surface area contributed by atoms with Crippen LogP contribution in [0.3, 0.4) is 0 Å². The Bertz CT molecular complexity index is 590. The molecule has 0 radical (unpaired) electrons. The Morgan fingerprint density at radius 1 is 1.21 bits per heavy atom. The number of benzene rings is 2. The van der Waals surface area contributed by atoms with E-state index in [2.05, 4.69) is 11.9 Å². The summed E-state index contributed by atoms with van der Waals surface area (Å²) in [5.41, 5.74) is 3.12. The molecule has 98 valence electrons. The lowest BCUT2D eigenvalue weighted by Crippen LogP contribution is -2.09. The van der Waals surface area contributed by atoms with Gasteiger partial charge in [0.1, 0.15) is 11.6 Å². The van der Waals surface area contributed by atoms with Crippen molar-refractivity contribution in [3.8, 4) is 16.9 Å². The monoisotopic (exact) mass is 257 g/mol. The van der Waals surface area contributed by atoms with Gasteiger partial charge in [0, 0.05) is 17.8 Å². The van der Waals surface area contributed by atoms with E-state index in [9.17, 15) is 9.50 Å². The van der Waals surface area contributed by atoms with Crippen LogP contribution in [-0.4, -0.2) is 5.11 Å². The second-order valence-corrected chi connectivity index (χ2v) is 4.49. The second kappa shape index (κ2) is 5.57. The summed E-state index contributed by atoms with van der Waals surface area (Å²) in [6, 6.07) is 11.5. The lowest BCUT2D eigenvalue weighted by atomic mass is 10.0. The molecule has 0 amide bonds. The van der Waals surface area contributed by atoms with Crippen LogP contribution in [0.15, 0.2) is 54.7 Å². The molecule has 0 aliphatic heterocycles. The first-order valence-corrected chi connectivity index (χ1v) is 6.03. The third kappa shape index (κ3) is 3.35. The Labute approximate surface area is 112 Å². The fourth-order valence-corrected chi connectivity index (χ4v) is 1.80. The molecule has 2 aromatic carbocycles. The smallest absolute Gasteiger partial charge is 0.131 e. The van der Waals surface area contributed by atoms with Crippen molar-refractivity contribution < 1.29 is 9.50 Å². The van der Waals surface area contributed by atoms with Crippen molar-refractivity contribution in [2.75, 3.05) is 0 Å². The maximum Gasteiger partial charge on any atom is 0.131 e. The van der Waals surface area contributed by atoms with Gasteiger partial charge in [-0.05, 0) is 42.3 Å². The van der Waals surface area contributed by atoms with Crippen LogP contribution in [-0.2, 0) is 6.54 Å². The largest absolute Gasteiger partial charge is 0.508 e. The number of aromatic hydroxyl groups is 1. The Morgan fingerprint density at radius 2 is 1.89 bits per heavy atom. The van der Waals surface area contributed by atoms with Crippen molar-refractivity contribution in [1.82, 2.24) is 5.32 Å². The van der Waals surface area contributed by atoms with E-state index in [1.807, 2.05) is 6.92 Å². The Kier molecular flexibility index (Phi) is 3.85. The number of halogens is 1. The van der Waals surface area contributed by atoms with Gasteiger partial charge >= 0.3 is 0 Å². The van der Waals surface area contributed by atoms with Crippen LogP contribution in [0.1, 0.15) is 12.5 Å². The molecular weight excluding hydrogens is 241 g/mol. The van der Waals surface area contributed by atoms with E-state index < -0.39 is 0 Å². The zero-order valence-electron chi connectivity index (χ0n) is 10.8. The summed E-state index contributed by atoms with van der Waals surface area (Å²) in [5, 5.41) is 12.4. The lowest BCUT2D eigenvalue weighted by Gasteiger charge is -2.09. The first-order valence-electron chi connectivity index (χ1n) is 6.03. The summed E-state index contributed by atoms with van der Waals surface area (Å²) in [5.74, 6) is -0.103. The van der Waals surface area contributed by atoms with Gasteiger partial charge < -0.3 is 10.4 Å². The van der Waals surface area contributed by atoms with Gasteiger partial charge in [0.15, 0.2) is 0 Å². The molecule has 0 spiro atoms. The molecule has 2 nitrogen and oxygen atoms in total. The summed E-state index contributed by atoms with van der Waals surface area (Å²) in [6.45, 7) is 6.26. The summed E-state index contributed by atoms with van der Waals surface area (Å²) in [7, 11) is 0. The SMILES string of the molecule is C=C(C)NCc1ccc(F)c(-c2ccc(O)cc2)c1. The molecule has 0 saturated heterocycles. The third-order valence-electron chi connectivity index (χ3n) is 2.80. The van der Waals surface area contributed by atoms with E-state index in [1.54, 1.807) is 36.4 Å². The van der Waals surface area contributed by atoms with Gasteiger partial charge in [0.25, 0.3) is 0 Å². The highest BCUT2D eigenvalue weighted by Crippen LogP contribution is 2.25. The van der Waals surface area contributed by atoms with Crippen molar-refractivity contribution in [1.29, 1.82) is 0 Å². The molecule has 2 aromatic rings. The molecule has 0 aromatic heterocycles. The maximum atomic E-state index is 13.9. The van der Waals surface area contributed by atoms with E-state index in [4.69, 9.17) is 0 Å². The summed E-state index contributed by atoms with van der Waals surface area (Å²) in [6.07, 6.45) is 0. The summed E-state index contributed by atoms with van der Waals surface area (Å²) in [4.78, 5) is 0. The van der Waals surface area contributed by atoms with Gasteiger partial charge in [0.05, 0.1) is 0 Å². The molecule has 0 unspecified atom stereocenters. The number of rotatable bonds is 4. The molecule has 0 fully saturated rings. The van der Waals surface area contributed by atoms with E-state index in [0.717, 1.165) is 16.8 Å². The quantitative estimate of drug-likeness (QED) is 0.872. The topological polar surface area (TPSA) is 32.3 Å². The van der Waals surface area contributed by atoms with Crippen molar-refractivity contribution in [3.63, 3.8) is 0 Å². The molecular formula is C16H16FNO. The second-order valence-electron chi connectivity index (χ2n) is 4.49. The normalized spacial score (nSPS) is 10.2. The van der Waals surface area contributed by atoms with Crippen LogP contribution in [0.4, 0.5) is 4.39 Å². The van der Waals surface area contributed by atoms with E-state index in [0.29, 0.717) is 12.1 Å². The van der Waals surface area contributed by atoms with Crippen LogP contribution in [0.25, 0.3) is 11.1 Å². The average Bonchev–Trinajstić information content (AvgIpc) is 2.39. The third-order valence-corrected chi connectivity index (χ3v) is 2.80. The predicted molar refractivity (Wildman–Crippen MR) is 75.2 cm³/mol. The summed E-state index contributed by atoms with van der Waals surface area (Å²) >= 11 is 0. The molecule has 0 bridgehead atoms. The highest BCUT2D eigenvalue weighted by molar-refractivity contribution is 5.65. The number of allylic oxidation sites excluding steroid dienone is 1. The van der Waals surface area contributed by atoms with Crippen LogP contribution in [0, 0.1) is 5.82 Å². The first kappa shape index (κ1) is 13.1. The Morgan fingerprint density at radius 3 is 2.53 bits per heavy atom. The number of phenols is 1. The van der Waals surface area contributed by atoms with Crippen LogP contribution in [0.2, 0.25) is 0 Å². The minimum Gasteiger partial charge on any atom is -0.508 e. The molecule has 2 N–H and O–H groups in total.